The fourth-order valence-electron chi connectivity index (χ4n) is 3.70. The molecule has 0 unspecified atom stereocenters. The Balaban J connectivity index is 1.37. The van der Waals surface area contributed by atoms with Crippen LogP contribution in [0.1, 0.15) is 42.7 Å². The average molecular weight is 347 g/mol. The Morgan fingerprint density at radius 3 is 2.92 bits per heavy atom. The third-order valence-corrected chi connectivity index (χ3v) is 5.32. The third kappa shape index (κ3) is 3.77. The number of hydrogen-bond donors (Lipinski definition) is 0. The van der Waals surface area contributed by atoms with Gasteiger partial charge < -0.3 is 19.1 Å². The first kappa shape index (κ1) is 16.7. The Hall–Kier alpha value is -1.73. The molecule has 4 rings (SSSR count). The van der Waals surface area contributed by atoms with E-state index in [1.807, 2.05) is 4.90 Å². The molecule has 2 aliphatic heterocycles. The van der Waals surface area contributed by atoms with Crippen LogP contribution in [0.4, 0.5) is 0 Å². The van der Waals surface area contributed by atoms with E-state index in [9.17, 15) is 4.79 Å². The van der Waals surface area contributed by atoms with Crippen molar-refractivity contribution in [2.45, 2.75) is 43.8 Å². The molecule has 136 valence electrons. The van der Waals surface area contributed by atoms with Crippen molar-refractivity contribution in [3.8, 4) is 5.75 Å². The maximum absolute atomic E-state index is 12.7. The summed E-state index contributed by atoms with van der Waals surface area (Å²) in [6.07, 6.45) is 8.56. The van der Waals surface area contributed by atoms with Crippen LogP contribution in [0.5, 0.6) is 5.75 Å². The summed E-state index contributed by atoms with van der Waals surface area (Å²) in [4.78, 5) is 22.8. The average Bonchev–Trinajstić information content (AvgIpc) is 3.41. The number of nitrogens with zero attached hydrogens (tertiary/aromatic N) is 3. The Morgan fingerprint density at radius 1 is 1.40 bits per heavy atom. The van der Waals surface area contributed by atoms with E-state index in [1.54, 1.807) is 7.11 Å². The van der Waals surface area contributed by atoms with Gasteiger partial charge in [0.15, 0.2) is 5.75 Å². The minimum atomic E-state index is -0.269. The maximum atomic E-state index is 12.7. The van der Waals surface area contributed by atoms with Crippen LogP contribution < -0.4 is 4.74 Å². The molecule has 1 amide bonds. The number of rotatable bonds is 5. The summed E-state index contributed by atoms with van der Waals surface area (Å²) < 4.78 is 17.2. The molecular formula is C18H25N3O4. The number of methoxy groups -OCH3 is 1. The van der Waals surface area contributed by atoms with Crippen LogP contribution in [0.25, 0.3) is 0 Å². The van der Waals surface area contributed by atoms with E-state index in [0.717, 1.165) is 31.8 Å². The first-order valence-corrected chi connectivity index (χ1v) is 9.08. The summed E-state index contributed by atoms with van der Waals surface area (Å²) in [5.74, 6) is 1.36. The second-order valence-electron chi connectivity index (χ2n) is 7.37. The Labute approximate surface area is 147 Å². The third-order valence-electron chi connectivity index (χ3n) is 5.32. The van der Waals surface area contributed by atoms with E-state index in [-0.39, 0.29) is 23.4 Å². The molecule has 7 heteroatoms. The van der Waals surface area contributed by atoms with E-state index in [2.05, 4.69) is 9.97 Å². The minimum Gasteiger partial charge on any atom is -0.494 e. The van der Waals surface area contributed by atoms with Gasteiger partial charge in [0, 0.05) is 19.6 Å². The summed E-state index contributed by atoms with van der Waals surface area (Å²) in [7, 11) is 1.55. The van der Waals surface area contributed by atoms with Gasteiger partial charge in [-0.25, -0.2) is 9.97 Å². The molecule has 2 atom stereocenters. The summed E-state index contributed by atoms with van der Waals surface area (Å²) in [6, 6.07) is 0. The lowest BCUT2D eigenvalue weighted by atomic mass is 9.89. The molecule has 7 nitrogen and oxygen atoms in total. The molecule has 2 saturated heterocycles. The highest BCUT2D eigenvalue weighted by molar-refractivity contribution is 5.90. The molecule has 25 heavy (non-hydrogen) atoms. The molecule has 3 heterocycles. The zero-order chi connectivity index (χ0) is 17.3. The predicted octanol–water partition coefficient (Wildman–Crippen LogP) is 1.68. The highest BCUT2D eigenvalue weighted by Gasteiger charge is 2.45. The lowest BCUT2D eigenvalue weighted by molar-refractivity contribution is -0.0467. The number of piperidine rings is 1. The zero-order valence-corrected chi connectivity index (χ0v) is 14.6. The van der Waals surface area contributed by atoms with Gasteiger partial charge in [0.1, 0.15) is 0 Å². The molecule has 1 spiro atoms. The fraction of sp³-hybridized carbons (Fsp3) is 0.722. The van der Waals surface area contributed by atoms with Gasteiger partial charge in [0.25, 0.3) is 5.91 Å². The zero-order valence-electron chi connectivity index (χ0n) is 14.6. The normalized spacial score (nSPS) is 29.2. The number of carbonyl (C=O) groups excluding carboxylic acids is 1. The van der Waals surface area contributed by atoms with E-state index in [0.29, 0.717) is 25.4 Å². The SMILES string of the molecule is COc1cnc(C(=O)N2CCC[C@@]3(C[C@@H](OCC4CC4)CO3)C2)nc1. The summed E-state index contributed by atoms with van der Waals surface area (Å²) >= 11 is 0. The van der Waals surface area contributed by atoms with Crippen molar-refractivity contribution >= 4 is 5.91 Å². The lowest BCUT2D eigenvalue weighted by Gasteiger charge is -2.39. The van der Waals surface area contributed by atoms with Crippen molar-refractivity contribution in [2.24, 2.45) is 5.92 Å². The first-order valence-electron chi connectivity index (χ1n) is 9.08. The summed E-state index contributed by atoms with van der Waals surface area (Å²) in [5, 5.41) is 0. The largest absolute Gasteiger partial charge is 0.494 e. The standard InChI is InChI=1S/C18H25N3O4/c1-23-15-8-19-16(20-9-15)17(22)21-6-2-5-18(12-21)7-14(11-25-18)24-10-13-3-4-13/h8-9,13-14H,2-7,10-12H2,1H3/t14-,18-/m1/s1. The predicted molar refractivity (Wildman–Crippen MR) is 89.5 cm³/mol. The molecule has 0 N–H and O–H groups in total. The minimum absolute atomic E-state index is 0.146. The smallest absolute Gasteiger partial charge is 0.291 e. The second-order valence-corrected chi connectivity index (χ2v) is 7.37. The van der Waals surface area contributed by atoms with Crippen molar-refractivity contribution in [3.05, 3.63) is 18.2 Å². The molecule has 0 aromatic carbocycles. The van der Waals surface area contributed by atoms with Gasteiger partial charge in [0.2, 0.25) is 5.82 Å². The number of likely N-dealkylation sites (tertiary alicyclic amines) is 1. The monoisotopic (exact) mass is 347 g/mol. The van der Waals surface area contributed by atoms with Crippen molar-refractivity contribution in [1.29, 1.82) is 0 Å². The van der Waals surface area contributed by atoms with Crippen LogP contribution in [-0.2, 0) is 9.47 Å². The van der Waals surface area contributed by atoms with Gasteiger partial charge in [-0.3, -0.25) is 4.79 Å². The quantitative estimate of drug-likeness (QED) is 0.807. The number of aromatic nitrogens is 2. The molecule has 1 aromatic heterocycles. The topological polar surface area (TPSA) is 73.8 Å². The number of amides is 1. The number of ether oxygens (including phenoxy) is 3. The van der Waals surface area contributed by atoms with Crippen LogP contribution >= 0.6 is 0 Å². The highest BCUT2D eigenvalue weighted by atomic mass is 16.6. The number of carbonyl (C=O) groups is 1. The van der Waals surface area contributed by atoms with Crippen LogP contribution in [0.2, 0.25) is 0 Å². The lowest BCUT2D eigenvalue weighted by Crippen LogP contribution is -2.50. The molecular weight excluding hydrogens is 322 g/mol. The van der Waals surface area contributed by atoms with Crippen molar-refractivity contribution < 1.29 is 19.0 Å². The van der Waals surface area contributed by atoms with E-state index in [4.69, 9.17) is 14.2 Å². The molecule has 1 aliphatic carbocycles. The summed E-state index contributed by atoms with van der Waals surface area (Å²) in [5.41, 5.74) is -0.269. The van der Waals surface area contributed by atoms with Crippen LogP contribution in [0.3, 0.4) is 0 Å². The van der Waals surface area contributed by atoms with Crippen molar-refractivity contribution in [2.75, 3.05) is 33.4 Å². The fourth-order valence-corrected chi connectivity index (χ4v) is 3.70. The van der Waals surface area contributed by atoms with Gasteiger partial charge in [-0.15, -0.1) is 0 Å². The number of hydrogen-bond acceptors (Lipinski definition) is 6. The Kier molecular flexibility index (Phi) is 4.60. The first-order chi connectivity index (χ1) is 12.2. The van der Waals surface area contributed by atoms with Crippen molar-refractivity contribution in [1.82, 2.24) is 14.9 Å². The second kappa shape index (κ2) is 6.88. The van der Waals surface area contributed by atoms with Crippen LogP contribution in [0.15, 0.2) is 12.4 Å². The van der Waals surface area contributed by atoms with Gasteiger partial charge in [-0.05, 0) is 31.6 Å². The molecule has 1 saturated carbocycles. The molecule has 3 fully saturated rings. The Bertz CT molecular complexity index is 619. The van der Waals surface area contributed by atoms with Crippen LogP contribution in [-0.4, -0.2) is 65.9 Å². The molecule has 0 radical (unpaired) electrons. The highest BCUT2D eigenvalue weighted by Crippen LogP contribution is 2.37. The molecule has 0 bridgehead atoms. The van der Waals surface area contributed by atoms with Crippen LogP contribution in [0, 0.1) is 5.92 Å². The molecule has 1 aromatic rings. The van der Waals surface area contributed by atoms with E-state index >= 15 is 0 Å². The van der Waals surface area contributed by atoms with Gasteiger partial charge >= 0.3 is 0 Å². The maximum Gasteiger partial charge on any atom is 0.291 e. The van der Waals surface area contributed by atoms with Gasteiger partial charge in [-0.2, -0.15) is 0 Å². The Morgan fingerprint density at radius 2 is 2.20 bits per heavy atom. The van der Waals surface area contributed by atoms with E-state index < -0.39 is 0 Å². The van der Waals surface area contributed by atoms with E-state index in [1.165, 1.54) is 25.2 Å². The molecule has 3 aliphatic rings. The van der Waals surface area contributed by atoms with Crippen molar-refractivity contribution in [3.63, 3.8) is 0 Å². The van der Waals surface area contributed by atoms with Gasteiger partial charge in [-0.1, -0.05) is 0 Å². The summed E-state index contributed by atoms with van der Waals surface area (Å²) in [6.45, 7) is 2.79. The van der Waals surface area contributed by atoms with Gasteiger partial charge in [0.05, 0.1) is 44.4 Å².